The van der Waals surface area contributed by atoms with E-state index >= 15 is 0 Å². The second-order valence-corrected chi connectivity index (χ2v) is 4.80. The van der Waals surface area contributed by atoms with Gasteiger partial charge in [-0.3, -0.25) is 5.43 Å². The Bertz CT molecular complexity index is 636. The minimum absolute atomic E-state index is 0.318. The topological polar surface area (TPSA) is 73.6 Å². The molecule has 0 bridgehead atoms. The Balaban J connectivity index is 1.79. The van der Waals surface area contributed by atoms with Gasteiger partial charge in [0.1, 0.15) is 5.82 Å². The molecular weight excluding hydrogens is 287 g/mol. The average molecular weight is 304 g/mol. The molecule has 1 saturated heterocycles. The summed E-state index contributed by atoms with van der Waals surface area (Å²) in [4.78, 5) is 2.07. The summed E-state index contributed by atoms with van der Waals surface area (Å²) in [6.45, 7) is 2.78. The van der Waals surface area contributed by atoms with Crippen molar-refractivity contribution in [2.45, 2.75) is 0 Å². The van der Waals surface area contributed by atoms with Gasteiger partial charge in [-0.25, -0.2) is 4.39 Å². The number of hydrazone groups is 1. The molecule has 2 aliphatic rings. The molecule has 1 fully saturated rings. The molecule has 22 heavy (non-hydrogen) atoms. The molecule has 7 nitrogen and oxygen atoms in total. The highest BCUT2D eigenvalue weighted by atomic mass is 19.1. The molecule has 0 aliphatic carbocycles. The van der Waals surface area contributed by atoms with E-state index in [0.717, 1.165) is 13.1 Å². The normalized spacial score (nSPS) is 19.9. The smallest absolute Gasteiger partial charge is 0.183 e. The molecule has 0 amide bonds. The molecule has 0 aromatic heterocycles. The van der Waals surface area contributed by atoms with Gasteiger partial charge in [0.2, 0.25) is 0 Å². The van der Waals surface area contributed by atoms with Gasteiger partial charge in [-0.1, -0.05) is 6.07 Å². The minimum atomic E-state index is -0.318. The molecule has 0 saturated carbocycles. The van der Waals surface area contributed by atoms with E-state index in [2.05, 4.69) is 30.9 Å². The summed E-state index contributed by atoms with van der Waals surface area (Å²) in [5.41, 5.74) is 4.02. The maximum Gasteiger partial charge on any atom is 0.183 e. The van der Waals surface area contributed by atoms with Gasteiger partial charge >= 0.3 is 0 Å². The van der Waals surface area contributed by atoms with Crippen LogP contribution in [0.3, 0.4) is 0 Å². The van der Waals surface area contributed by atoms with Crippen LogP contribution in [0.5, 0.6) is 0 Å². The average Bonchev–Trinajstić information content (AvgIpc) is 2.97. The molecule has 1 aromatic carbocycles. The summed E-state index contributed by atoms with van der Waals surface area (Å²) >= 11 is 0. The second kappa shape index (κ2) is 6.52. The van der Waals surface area contributed by atoms with Gasteiger partial charge < -0.3 is 15.0 Å². The largest absolute Gasteiger partial charge is 0.378 e. The van der Waals surface area contributed by atoms with Gasteiger partial charge in [0.05, 0.1) is 18.9 Å². The molecule has 3 rings (SSSR count). The van der Waals surface area contributed by atoms with Crippen molar-refractivity contribution < 1.29 is 9.13 Å². The standard InChI is InChI=1S/C14H17FN6O/c1-16-13-12(18-17-11-4-2-3-10(15)9-11)14(20-19-13)21-5-7-22-8-6-21/h2-4,9,17H,5-8H2,1H3,(H,16,18,19). The zero-order valence-corrected chi connectivity index (χ0v) is 12.2. The summed E-state index contributed by atoms with van der Waals surface area (Å²) in [6.07, 6.45) is 0. The van der Waals surface area contributed by atoms with Crippen LogP contribution in [0, 0.1) is 5.82 Å². The first-order valence-electron chi connectivity index (χ1n) is 7.04. The van der Waals surface area contributed by atoms with Crippen LogP contribution in [0.15, 0.2) is 39.6 Å². The van der Waals surface area contributed by atoms with Crippen molar-refractivity contribution in [1.29, 1.82) is 0 Å². The molecule has 0 unspecified atom stereocenters. The van der Waals surface area contributed by atoms with Crippen LogP contribution in [-0.2, 0) is 4.74 Å². The lowest BCUT2D eigenvalue weighted by molar-refractivity contribution is 0.0689. The summed E-state index contributed by atoms with van der Waals surface area (Å²) in [5, 5.41) is 15.6. The van der Waals surface area contributed by atoms with Crippen molar-refractivity contribution in [3.8, 4) is 0 Å². The van der Waals surface area contributed by atoms with E-state index in [-0.39, 0.29) is 5.82 Å². The highest BCUT2D eigenvalue weighted by Gasteiger charge is 2.27. The fourth-order valence-electron chi connectivity index (χ4n) is 2.24. The van der Waals surface area contributed by atoms with E-state index in [1.165, 1.54) is 12.1 Å². The number of benzene rings is 1. The van der Waals surface area contributed by atoms with Gasteiger partial charge in [0.25, 0.3) is 0 Å². The summed E-state index contributed by atoms with van der Waals surface area (Å²) < 4.78 is 18.6. The van der Waals surface area contributed by atoms with E-state index in [9.17, 15) is 4.39 Å². The Morgan fingerprint density at radius 3 is 2.82 bits per heavy atom. The van der Waals surface area contributed by atoms with Crippen molar-refractivity contribution >= 4 is 23.1 Å². The van der Waals surface area contributed by atoms with Gasteiger partial charge in [-0.05, 0) is 18.2 Å². The van der Waals surface area contributed by atoms with Crippen molar-refractivity contribution in [1.82, 2.24) is 10.2 Å². The maximum atomic E-state index is 13.2. The minimum Gasteiger partial charge on any atom is -0.378 e. The van der Waals surface area contributed by atoms with Crippen LogP contribution in [0.2, 0.25) is 0 Å². The van der Waals surface area contributed by atoms with Gasteiger partial charge in [0.15, 0.2) is 17.4 Å². The lowest BCUT2D eigenvalue weighted by atomic mass is 10.2. The van der Waals surface area contributed by atoms with E-state index in [0.29, 0.717) is 36.3 Å². The molecule has 0 radical (unpaired) electrons. The summed E-state index contributed by atoms with van der Waals surface area (Å²) in [7, 11) is 1.76. The Morgan fingerprint density at radius 1 is 1.27 bits per heavy atom. The lowest BCUT2D eigenvalue weighted by Gasteiger charge is -2.28. The number of nitrogens with zero attached hydrogens (tertiary/aromatic N) is 4. The fourth-order valence-corrected chi connectivity index (χ4v) is 2.24. The lowest BCUT2D eigenvalue weighted by Crippen LogP contribution is -2.46. The first-order valence-corrected chi connectivity index (χ1v) is 7.04. The quantitative estimate of drug-likeness (QED) is 0.795. The Hall–Kier alpha value is -2.48. The third kappa shape index (κ3) is 3.06. The molecule has 2 aliphatic heterocycles. The monoisotopic (exact) mass is 304 g/mol. The molecule has 0 atom stereocenters. The predicted molar refractivity (Wildman–Crippen MR) is 83.8 cm³/mol. The number of rotatable bonds is 2. The molecule has 0 spiro atoms. The zero-order valence-electron chi connectivity index (χ0n) is 12.2. The van der Waals surface area contributed by atoms with Crippen LogP contribution in [0.4, 0.5) is 10.1 Å². The van der Waals surface area contributed by atoms with Gasteiger partial charge in [0, 0.05) is 20.1 Å². The van der Waals surface area contributed by atoms with Crippen molar-refractivity contribution in [3.63, 3.8) is 0 Å². The third-order valence-electron chi connectivity index (χ3n) is 3.35. The fraction of sp³-hybridized carbons (Fsp3) is 0.357. The molecule has 1 aromatic rings. The number of anilines is 1. The van der Waals surface area contributed by atoms with Gasteiger partial charge in [-0.2, -0.15) is 5.10 Å². The number of morpholine rings is 1. The van der Waals surface area contributed by atoms with E-state index in [1.54, 1.807) is 19.2 Å². The first kappa shape index (κ1) is 14.5. The van der Waals surface area contributed by atoms with Crippen LogP contribution >= 0.6 is 0 Å². The molecule has 116 valence electrons. The Labute approximate surface area is 127 Å². The van der Waals surface area contributed by atoms with E-state index in [1.807, 2.05) is 0 Å². The van der Waals surface area contributed by atoms with Crippen LogP contribution in [0.1, 0.15) is 0 Å². The van der Waals surface area contributed by atoms with Crippen molar-refractivity contribution in [2.75, 3.05) is 38.8 Å². The summed E-state index contributed by atoms with van der Waals surface area (Å²) in [6, 6.07) is 6.12. The number of ether oxygens (including phenoxy) is 1. The predicted octanol–water partition coefficient (Wildman–Crippen LogP) is 0.871. The van der Waals surface area contributed by atoms with Crippen molar-refractivity contribution in [3.05, 3.63) is 30.1 Å². The van der Waals surface area contributed by atoms with E-state index < -0.39 is 0 Å². The number of hydrogen-bond donors (Lipinski definition) is 2. The first-order chi connectivity index (χ1) is 10.8. The van der Waals surface area contributed by atoms with Crippen LogP contribution in [-0.4, -0.2) is 55.6 Å². The zero-order chi connectivity index (χ0) is 15.4. The van der Waals surface area contributed by atoms with Crippen LogP contribution < -0.4 is 10.7 Å². The Kier molecular flexibility index (Phi) is 4.29. The number of halogens is 1. The van der Waals surface area contributed by atoms with Crippen molar-refractivity contribution in [2.24, 2.45) is 15.3 Å². The maximum absolute atomic E-state index is 13.2. The number of amidine groups is 2. The highest BCUT2D eigenvalue weighted by Crippen LogP contribution is 2.11. The third-order valence-corrected chi connectivity index (χ3v) is 3.35. The summed E-state index contributed by atoms with van der Waals surface area (Å²) in [5.74, 6) is 0.947. The second-order valence-electron chi connectivity index (χ2n) is 4.80. The Morgan fingerprint density at radius 2 is 2.09 bits per heavy atom. The number of hydrogen-bond acceptors (Lipinski definition) is 7. The number of nitrogens with one attached hydrogen (secondary N) is 2. The molecule has 2 N–H and O–H groups in total. The molecule has 2 heterocycles. The van der Waals surface area contributed by atoms with E-state index in [4.69, 9.17) is 4.74 Å². The van der Waals surface area contributed by atoms with Gasteiger partial charge in [-0.15, -0.1) is 10.2 Å². The molecule has 8 heteroatoms. The molecular formula is C14H17FN6O. The van der Waals surface area contributed by atoms with Crippen LogP contribution in [0.25, 0.3) is 0 Å². The SMILES string of the molecule is CNC1=NN=C(N2CCOCC2)C1=NNc1cccc(F)c1. The highest BCUT2D eigenvalue weighted by molar-refractivity contribution is 6.69.